The fraction of sp³-hybridized carbons (Fsp3) is 0.565. The molecule has 29 heavy (non-hydrogen) atoms. The molecule has 158 valence electrons. The van der Waals surface area contributed by atoms with E-state index >= 15 is 0 Å². The highest BCUT2D eigenvalue weighted by atomic mass is 32.2. The summed E-state index contributed by atoms with van der Waals surface area (Å²) in [6, 6.07) is 7.60. The van der Waals surface area contributed by atoms with Gasteiger partial charge in [0.2, 0.25) is 11.8 Å². The second kappa shape index (κ2) is 9.24. The first-order chi connectivity index (χ1) is 13.8. The van der Waals surface area contributed by atoms with E-state index in [4.69, 9.17) is 0 Å². The number of fused-ring (bicyclic) bond motifs is 3. The first-order valence-electron chi connectivity index (χ1n) is 10.6. The van der Waals surface area contributed by atoms with Crippen molar-refractivity contribution in [2.24, 2.45) is 18.9 Å². The molecule has 2 heterocycles. The Morgan fingerprint density at radius 3 is 2.55 bits per heavy atom. The third-order valence-corrected chi connectivity index (χ3v) is 6.70. The summed E-state index contributed by atoms with van der Waals surface area (Å²) in [4.78, 5) is 28.3. The number of nitrogens with zero attached hydrogens (tertiary/aromatic N) is 2. The predicted molar refractivity (Wildman–Crippen MR) is 120 cm³/mol. The fourth-order valence-electron chi connectivity index (χ4n) is 3.86. The van der Waals surface area contributed by atoms with Crippen molar-refractivity contribution in [3.05, 3.63) is 29.8 Å². The van der Waals surface area contributed by atoms with Crippen molar-refractivity contribution in [2.45, 2.75) is 51.6 Å². The molecule has 3 rings (SSSR count). The van der Waals surface area contributed by atoms with Crippen LogP contribution in [0.15, 0.2) is 29.3 Å². The van der Waals surface area contributed by atoms with Gasteiger partial charge in [0.1, 0.15) is 6.04 Å². The lowest BCUT2D eigenvalue weighted by molar-refractivity contribution is -0.139. The third-order valence-electron chi connectivity index (χ3n) is 5.55. The second-order valence-electron chi connectivity index (χ2n) is 8.73. The standard InChI is InChI=1S/C23H33N3O2S/c1-15(2)10-12-24-22(28)21-20-17-8-6-7-9-18(17)25(5)23(20)29-14-19(27)26(21)13-11-16(3)4/h6-9,15-16,21H,10-14H2,1-5H3,(H,24,28). The van der Waals surface area contributed by atoms with E-state index in [9.17, 15) is 9.59 Å². The Labute approximate surface area is 178 Å². The number of thioether (sulfide) groups is 1. The fourth-order valence-corrected chi connectivity index (χ4v) is 4.95. The number of carbonyl (C=O) groups excluding carboxylic acids is 2. The Balaban J connectivity index is 2.06. The van der Waals surface area contributed by atoms with E-state index < -0.39 is 6.04 Å². The van der Waals surface area contributed by atoms with Crippen LogP contribution in [-0.4, -0.2) is 40.1 Å². The lowest BCUT2D eigenvalue weighted by Crippen LogP contribution is -2.44. The van der Waals surface area contributed by atoms with Gasteiger partial charge in [0, 0.05) is 36.6 Å². The highest BCUT2D eigenvalue weighted by Crippen LogP contribution is 2.41. The van der Waals surface area contributed by atoms with Gasteiger partial charge < -0.3 is 14.8 Å². The Morgan fingerprint density at radius 2 is 1.86 bits per heavy atom. The molecule has 5 nitrogen and oxygen atoms in total. The van der Waals surface area contributed by atoms with E-state index in [1.54, 1.807) is 11.8 Å². The van der Waals surface area contributed by atoms with Crippen molar-refractivity contribution < 1.29 is 9.59 Å². The molecule has 0 aliphatic carbocycles. The summed E-state index contributed by atoms with van der Waals surface area (Å²) in [5, 5.41) is 5.20. The van der Waals surface area contributed by atoms with Gasteiger partial charge in [-0.05, 0) is 30.7 Å². The van der Waals surface area contributed by atoms with Crippen molar-refractivity contribution in [3.8, 4) is 0 Å². The summed E-state index contributed by atoms with van der Waals surface area (Å²) in [5.74, 6) is 1.33. The van der Waals surface area contributed by atoms with Crippen LogP contribution in [0.2, 0.25) is 0 Å². The molecular weight excluding hydrogens is 382 g/mol. The molecule has 1 aromatic carbocycles. The lowest BCUT2D eigenvalue weighted by atomic mass is 10.0. The van der Waals surface area contributed by atoms with Crippen LogP contribution in [0.25, 0.3) is 10.9 Å². The Kier molecular flexibility index (Phi) is 6.93. The summed E-state index contributed by atoms with van der Waals surface area (Å²) >= 11 is 1.55. The average Bonchev–Trinajstić information content (AvgIpc) is 2.84. The van der Waals surface area contributed by atoms with Gasteiger partial charge >= 0.3 is 0 Å². The van der Waals surface area contributed by atoms with E-state index in [-0.39, 0.29) is 11.8 Å². The maximum atomic E-state index is 13.4. The van der Waals surface area contributed by atoms with E-state index in [1.807, 2.05) is 24.1 Å². The molecule has 0 saturated carbocycles. The van der Waals surface area contributed by atoms with Crippen LogP contribution in [0.5, 0.6) is 0 Å². The molecule has 0 fully saturated rings. The molecule has 6 heteroatoms. The highest BCUT2D eigenvalue weighted by molar-refractivity contribution is 8.00. The second-order valence-corrected chi connectivity index (χ2v) is 9.69. The molecule has 1 N–H and O–H groups in total. The largest absolute Gasteiger partial charge is 0.354 e. The average molecular weight is 416 g/mol. The molecule has 1 unspecified atom stereocenters. The van der Waals surface area contributed by atoms with Crippen LogP contribution in [-0.2, 0) is 16.6 Å². The lowest BCUT2D eigenvalue weighted by Gasteiger charge is -2.30. The minimum absolute atomic E-state index is 0.0416. The van der Waals surface area contributed by atoms with E-state index in [2.05, 4.69) is 49.7 Å². The van der Waals surface area contributed by atoms with Crippen molar-refractivity contribution >= 4 is 34.5 Å². The van der Waals surface area contributed by atoms with Crippen molar-refractivity contribution in [3.63, 3.8) is 0 Å². The predicted octanol–water partition coefficient (Wildman–Crippen LogP) is 4.36. The third kappa shape index (κ3) is 4.63. The summed E-state index contributed by atoms with van der Waals surface area (Å²) < 4.78 is 2.13. The zero-order valence-electron chi connectivity index (χ0n) is 18.2. The Morgan fingerprint density at radius 1 is 1.17 bits per heavy atom. The van der Waals surface area contributed by atoms with Crippen LogP contribution in [0.3, 0.4) is 0 Å². The molecule has 1 aliphatic rings. The number of benzene rings is 1. The Hall–Kier alpha value is -1.95. The number of rotatable bonds is 7. The number of aryl methyl sites for hydroxylation is 1. The molecule has 1 aromatic heterocycles. The highest BCUT2D eigenvalue weighted by Gasteiger charge is 2.38. The van der Waals surface area contributed by atoms with Gasteiger partial charge in [-0.1, -0.05) is 57.7 Å². The van der Waals surface area contributed by atoms with Crippen LogP contribution >= 0.6 is 11.8 Å². The molecule has 0 radical (unpaired) electrons. The summed E-state index contributed by atoms with van der Waals surface area (Å²) in [7, 11) is 2.02. The van der Waals surface area contributed by atoms with Crippen molar-refractivity contribution in [2.75, 3.05) is 18.8 Å². The Bertz CT molecular complexity index is 888. The summed E-state index contributed by atoms with van der Waals surface area (Å²) in [6.07, 6.45) is 1.81. The normalized spacial score (nSPS) is 17.1. The SMILES string of the molecule is CC(C)CCNC(=O)C1c2c(n(C)c3ccccc23)SCC(=O)N1CCC(C)C. The number of nitrogens with one attached hydrogen (secondary N) is 1. The number of hydrogen-bond donors (Lipinski definition) is 1. The minimum Gasteiger partial charge on any atom is -0.354 e. The molecule has 0 spiro atoms. The van der Waals surface area contributed by atoms with Gasteiger partial charge in [0.25, 0.3) is 0 Å². The number of amides is 2. The van der Waals surface area contributed by atoms with Crippen LogP contribution in [0, 0.1) is 11.8 Å². The number of aromatic nitrogens is 1. The molecule has 1 aliphatic heterocycles. The molecule has 0 saturated heterocycles. The number of para-hydroxylation sites is 1. The molecular formula is C23H33N3O2S. The molecule has 2 aromatic rings. The first kappa shape index (κ1) is 21.8. The van der Waals surface area contributed by atoms with Gasteiger partial charge in [-0.3, -0.25) is 9.59 Å². The molecule has 0 bridgehead atoms. The maximum absolute atomic E-state index is 13.4. The maximum Gasteiger partial charge on any atom is 0.247 e. The van der Waals surface area contributed by atoms with E-state index in [0.29, 0.717) is 30.7 Å². The van der Waals surface area contributed by atoms with Crippen LogP contribution < -0.4 is 5.32 Å². The monoisotopic (exact) mass is 415 g/mol. The zero-order valence-corrected chi connectivity index (χ0v) is 19.0. The number of carbonyl (C=O) groups is 2. The topological polar surface area (TPSA) is 54.3 Å². The van der Waals surface area contributed by atoms with Crippen molar-refractivity contribution in [1.82, 2.24) is 14.8 Å². The minimum atomic E-state index is -0.579. The van der Waals surface area contributed by atoms with Gasteiger partial charge in [0.05, 0.1) is 10.8 Å². The van der Waals surface area contributed by atoms with Crippen molar-refractivity contribution in [1.29, 1.82) is 0 Å². The summed E-state index contributed by atoms with van der Waals surface area (Å²) in [5.41, 5.74) is 2.08. The van der Waals surface area contributed by atoms with E-state index in [0.717, 1.165) is 34.3 Å². The summed E-state index contributed by atoms with van der Waals surface area (Å²) in [6.45, 7) is 9.83. The van der Waals surface area contributed by atoms with E-state index in [1.165, 1.54) is 0 Å². The van der Waals surface area contributed by atoms with Crippen LogP contribution in [0.4, 0.5) is 0 Å². The van der Waals surface area contributed by atoms with Gasteiger partial charge in [-0.25, -0.2) is 0 Å². The van der Waals surface area contributed by atoms with Gasteiger partial charge in [-0.15, -0.1) is 0 Å². The van der Waals surface area contributed by atoms with Gasteiger partial charge in [0.15, 0.2) is 0 Å². The first-order valence-corrected chi connectivity index (χ1v) is 11.6. The molecule has 1 atom stereocenters. The smallest absolute Gasteiger partial charge is 0.247 e. The zero-order chi connectivity index (χ0) is 21.1. The van der Waals surface area contributed by atoms with Gasteiger partial charge in [-0.2, -0.15) is 0 Å². The van der Waals surface area contributed by atoms with Crippen LogP contribution in [0.1, 0.15) is 52.1 Å². The number of hydrogen-bond acceptors (Lipinski definition) is 3. The molecule has 2 amide bonds. The quantitative estimate of drug-likeness (QED) is 0.731.